The molecule has 0 atom stereocenters. The van der Waals surface area contributed by atoms with Crippen LogP contribution in [0.2, 0.25) is 0 Å². The Bertz CT molecular complexity index is 547. The monoisotopic (exact) mass is 332 g/mol. The number of nitrogens with one attached hydrogen (secondary N) is 1. The zero-order valence-electron chi connectivity index (χ0n) is 10.7. The molecule has 0 radical (unpaired) electrons. The number of rotatable bonds is 5. The molecule has 0 spiro atoms. The van der Waals surface area contributed by atoms with Crippen molar-refractivity contribution in [1.29, 1.82) is 0 Å². The van der Waals surface area contributed by atoms with Crippen LogP contribution in [0.1, 0.15) is 17.5 Å². The molecule has 4 nitrogen and oxygen atoms in total. The van der Waals surface area contributed by atoms with Gasteiger partial charge in [-0.1, -0.05) is 6.07 Å². The van der Waals surface area contributed by atoms with Crippen molar-refractivity contribution in [3.63, 3.8) is 0 Å². The minimum atomic E-state index is -4.57. The molecule has 0 fully saturated rings. The summed E-state index contributed by atoms with van der Waals surface area (Å²) in [6.45, 7) is 1.83. The largest absolute Gasteiger partial charge is 0.416 e. The molecule has 0 saturated heterocycles. The molecule has 0 aromatic heterocycles. The molecule has 9 heteroatoms. The molecule has 0 saturated carbocycles. The highest BCUT2D eigenvalue weighted by atomic mass is 35.5. The van der Waals surface area contributed by atoms with Crippen molar-refractivity contribution in [2.24, 2.45) is 5.73 Å². The van der Waals surface area contributed by atoms with E-state index in [-0.39, 0.29) is 29.4 Å². The van der Waals surface area contributed by atoms with Crippen LogP contribution in [-0.4, -0.2) is 21.5 Å². The quantitative estimate of drug-likeness (QED) is 0.811. The Morgan fingerprint density at radius 2 is 1.90 bits per heavy atom. The van der Waals surface area contributed by atoms with Crippen molar-refractivity contribution in [2.75, 3.05) is 13.1 Å². The maximum Gasteiger partial charge on any atom is 0.416 e. The highest BCUT2D eigenvalue weighted by Gasteiger charge is 2.32. The van der Waals surface area contributed by atoms with Gasteiger partial charge in [-0.2, -0.15) is 13.2 Å². The number of sulfonamides is 1. The van der Waals surface area contributed by atoms with Gasteiger partial charge < -0.3 is 5.73 Å². The minimum absolute atomic E-state index is 0. The summed E-state index contributed by atoms with van der Waals surface area (Å²) in [6, 6.07) is 2.63. The molecule has 20 heavy (non-hydrogen) atoms. The number of halogens is 4. The lowest BCUT2D eigenvalue weighted by atomic mass is 10.1. The van der Waals surface area contributed by atoms with Crippen molar-refractivity contribution >= 4 is 22.4 Å². The van der Waals surface area contributed by atoms with Crippen LogP contribution in [0.15, 0.2) is 23.1 Å². The van der Waals surface area contributed by atoms with E-state index in [0.29, 0.717) is 19.0 Å². The first kappa shape index (κ1) is 19.2. The zero-order valence-corrected chi connectivity index (χ0v) is 12.3. The Kier molecular flexibility index (Phi) is 6.96. The molecular formula is C11H16ClF3N2O2S. The Balaban J connectivity index is 0.00000361. The van der Waals surface area contributed by atoms with E-state index < -0.39 is 21.8 Å². The van der Waals surface area contributed by atoms with Crippen molar-refractivity contribution in [3.05, 3.63) is 29.3 Å². The van der Waals surface area contributed by atoms with Gasteiger partial charge in [0.15, 0.2) is 0 Å². The number of nitrogens with two attached hydrogens (primary N) is 1. The number of benzene rings is 1. The van der Waals surface area contributed by atoms with E-state index in [4.69, 9.17) is 5.73 Å². The van der Waals surface area contributed by atoms with Crippen LogP contribution in [0.4, 0.5) is 13.2 Å². The highest BCUT2D eigenvalue weighted by Crippen LogP contribution is 2.31. The van der Waals surface area contributed by atoms with Crippen LogP contribution in [0.5, 0.6) is 0 Å². The van der Waals surface area contributed by atoms with Gasteiger partial charge in [-0.05, 0) is 37.6 Å². The Labute approximate surface area is 122 Å². The molecule has 0 unspecified atom stereocenters. The SMILES string of the molecule is Cc1ccc(C(F)(F)F)cc1S(=O)(=O)NCCCN.Cl. The summed E-state index contributed by atoms with van der Waals surface area (Å²) in [5.74, 6) is 0. The lowest BCUT2D eigenvalue weighted by Gasteiger charge is -2.12. The number of hydrogen-bond donors (Lipinski definition) is 2. The van der Waals surface area contributed by atoms with Gasteiger partial charge in [0.25, 0.3) is 0 Å². The first-order valence-corrected chi connectivity index (χ1v) is 7.04. The topological polar surface area (TPSA) is 72.2 Å². The molecule has 0 heterocycles. The normalized spacial score (nSPS) is 12.1. The number of alkyl halides is 3. The van der Waals surface area contributed by atoms with Gasteiger partial charge in [0.1, 0.15) is 0 Å². The van der Waals surface area contributed by atoms with Gasteiger partial charge in [0.05, 0.1) is 10.5 Å². The second kappa shape index (κ2) is 7.26. The fraction of sp³-hybridized carbons (Fsp3) is 0.455. The summed E-state index contributed by atoms with van der Waals surface area (Å²) in [5, 5.41) is 0. The van der Waals surface area contributed by atoms with Crippen LogP contribution < -0.4 is 10.5 Å². The maximum absolute atomic E-state index is 12.6. The number of hydrogen-bond acceptors (Lipinski definition) is 3. The molecule has 1 aromatic rings. The van der Waals surface area contributed by atoms with Gasteiger partial charge >= 0.3 is 6.18 Å². The average Bonchev–Trinajstić information content (AvgIpc) is 2.27. The van der Waals surface area contributed by atoms with Gasteiger partial charge in [-0.15, -0.1) is 12.4 Å². The maximum atomic E-state index is 12.6. The summed E-state index contributed by atoms with van der Waals surface area (Å²) >= 11 is 0. The summed E-state index contributed by atoms with van der Waals surface area (Å²) < 4.78 is 63.7. The third-order valence-corrected chi connectivity index (χ3v) is 4.08. The summed E-state index contributed by atoms with van der Waals surface area (Å²) in [7, 11) is -3.95. The van der Waals surface area contributed by atoms with Gasteiger partial charge in [-0.3, -0.25) is 0 Å². The molecule has 116 valence electrons. The van der Waals surface area contributed by atoms with Gasteiger partial charge in [-0.25, -0.2) is 13.1 Å². The van der Waals surface area contributed by atoms with E-state index in [1.54, 1.807) is 0 Å². The second-order valence-corrected chi connectivity index (χ2v) is 5.75. The molecule has 0 aliphatic carbocycles. The average molecular weight is 333 g/mol. The Morgan fingerprint density at radius 1 is 1.30 bits per heavy atom. The molecule has 0 aliphatic rings. The van der Waals surface area contributed by atoms with Crippen LogP contribution in [0, 0.1) is 6.92 Å². The van der Waals surface area contributed by atoms with Crippen LogP contribution in [0.3, 0.4) is 0 Å². The number of aryl methyl sites for hydroxylation is 1. The molecule has 0 bridgehead atoms. The minimum Gasteiger partial charge on any atom is -0.330 e. The predicted molar refractivity (Wildman–Crippen MR) is 72.3 cm³/mol. The van der Waals surface area contributed by atoms with Crippen molar-refractivity contribution in [2.45, 2.75) is 24.4 Å². The van der Waals surface area contributed by atoms with Crippen molar-refractivity contribution < 1.29 is 21.6 Å². The van der Waals surface area contributed by atoms with E-state index in [1.807, 2.05) is 0 Å². The molecule has 3 N–H and O–H groups in total. The summed E-state index contributed by atoms with van der Waals surface area (Å²) in [5.41, 5.74) is 4.49. The van der Waals surface area contributed by atoms with E-state index in [9.17, 15) is 21.6 Å². The van der Waals surface area contributed by atoms with Crippen LogP contribution in [0.25, 0.3) is 0 Å². The second-order valence-electron chi connectivity index (χ2n) is 4.02. The summed E-state index contributed by atoms with van der Waals surface area (Å²) in [6.07, 6.45) is -4.16. The zero-order chi connectivity index (χ0) is 14.7. The lowest BCUT2D eigenvalue weighted by Crippen LogP contribution is -2.27. The first-order valence-electron chi connectivity index (χ1n) is 5.56. The highest BCUT2D eigenvalue weighted by molar-refractivity contribution is 7.89. The molecular weight excluding hydrogens is 317 g/mol. The van der Waals surface area contributed by atoms with Crippen LogP contribution in [-0.2, 0) is 16.2 Å². The molecule has 1 rings (SSSR count). The smallest absolute Gasteiger partial charge is 0.330 e. The van der Waals surface area contributed by atoms with Crippen molar-refractivity contribution in [3.8, 4) is 0 Å². The third kappa shape index (κ3) is 4.93. The van der Waals surface area contributed by atoms with Crippen LogP contribution >= 0.6 is 12.4 Å². The standard InChI is InChI=1S/C11H15F3N2O2S.ClH/c1-8-3-4-9(11(12,13)14)7-10(8)19(17,18)16-6-2-5-15;/h3-4,7,16H,2,5-6,15H2,1H3;1H. The predicted octanol–water partition coefficient (Wildman–Crippen LogP) is 2.06. The fourth-order valence-electron chi connectivity index (χ4n) is 1.45. The Morgan fingerprint density at radius 3 is 2.40 bits per heavy atom. The fourth-order valence-corrected chi connectivity index (χ4v) is 2.79. The van der Waals surface area contributed by atoms with Gasteiger partial charge in [0, 0.05) is 6.54 Å². The first-order chi connectivity index (χ1) is 8.68. The van der Waals surface area contributed by atoms with E-state index >= 15 is 0 Å². The lowest BCUT2D eigenvalue weighted by molar-refractivity contribution is -0.137. The molecule has 0 amide bonds. The Hall–Kier alpha value is -0.830. The van der Waals surface area contributed by atoms with Gasteiger partial charge in [0.2, 0.25) is 10.0 Å². The van der Waals surface area contributed by atoms with E-state index in [2.05, 4.69) is 4.72 Å². The van der Waals surface area contributed by atoms with E-state index in [0.717, 1.165) is 12.1 Å². The molecule has 1 aromatic carbocycles. The van der Waals surface area contributed by atoms with E-state index in [1.165, 1.54) is 6.92 Å². The third-order valence-electron chi connectivity index (χ3n) is 2.48. The van der Waals surface area contributed by atoms with Crippen molar-refractivity contribution in [1.82, 2.24) is 4.72 Å². The molecule has 0 aliphatic heterocycles. The summed E-state index contributed by atoms with van der Waals surface area (Å²) in [4.78, 5) is -0.362.